The summed E-state index contributed by atoms with van der Waals surface area (Å²) in [6, 6.07) is 0.970. The summed E-state index contributed by atoms with van der Waals surface area (Å²) in [5.74, 6) is -0.599. The van der Waals surface area contributed by atoms with Crippen molar-refractivity contribution < 1.29 is 12.8 Å². The van der Waals surface area contributed by atoms with E-state index in [9.17, 15) is 12.8 Å². The second kappa shape index (κ2) is 2.82. The van der Waals surface area contributed by atoms with Gasteiger partial charge in [0.15, 0.2) is 9.84 Å². The number of sulfone groups is 1. The van der Waals surface area contributed by atoms with Crippen LogP contribution in [0.5, 0.6) is 0 Å². The third-order valence-electron chi connectivity index (χ3n) is 1.43. The van der Waals surface area contributed by atoms with Gasteiger partial charge in [0, 0.05) is 12.5 Å². The predicted molar refractivity (Wildman–Crippen MR) is 42.0 cm³/mol. The van der Waals surface area contributed by atoms with E-state index >= 15 is 0 Å². The molecule has 0 unspecified atom stereocenters. The standard InChI is InChI=1S/C7H8FNO2S/c1-5-7(8)3-6(4-9-5)12(2,10)11/h3-4H,1-2H3. The molecule has 12 heavy (non-hydrogen) atoms. The van der Waals surface area contributed by atoms with Crippen LogP contribution in [0.25, 0.3) is 0 Å². The molecule has 0 aromatic carbocycles. The van der Waals surface area contributed by atoms with Crippen LogP contribution in [0.4, 0.5) is 4.39 Å². The molecule has 3 nitrogen and oxygen atoms in total. The molecule has 0 spiro atoms. The fourth-order valence-electron chi connectivity index (χ4n) is 0.691. The molecule has 0 aliphatic rings. The van der Waals surface area contributed by atoms with Gasteiger partial charge in [-0.25, -0.2) is 12.8 Å². The lowest BCUT2D eigenvalue weighted by molar-refractivity contribution is 0.588. The van der Waals surface area contributed by atoms with Crippen LogP contribution in [0, 0.1) is 12.7 Å². The van der Waals surface area contributed by atoms with Gasteiger partial charge in [0.05, 0.1) is 10.6 Å². The highest BCUT2D eigenvalue weighted by molar-refractivity contribution is 7.90. The van der Waals surface area contributed by atoms with Crippen LogP contribution in [0.1, 0.15) is 5.69 Å². The van der Waals surface area contributed by atoms with Gasteiger partial charge in [-0.2, -0.15) is 0 Å². The van der Waals surface area contributed by atoms with Crippen molar-refractivity contribution >= 4 is 9.84 Å². The summed E-state index contributed by atoms with van der Waals surface area (Å²) in [6.45, 7) is 1.47. The quantitative estimate of drug-likeness (QED) is 0.660. The Balaban J connectivity index is 3.33. The molecule has 0 radical (unpaired) electrons. The molecular weight excluding hydrogens is 181 g/mol. The van der Waals surface area contributed by atoms with Crippen LogP contribution in [-0.4, -0.2) is 19.7 Å². The SMILES string of the molecule is Cc1ncc(S(C)(=O)=O)cc1F. The van der Waals surface area contributed by atoms with Crippen LogP contribution in [0.2, 0.25) is 0 Å². The number of nitrogens with zero attached hydrogens (tertiary/aromatic N) is 1. The fraction of sp³-hybridized carbons (Fsp3) is 0.286. The number of aromatic nitrogens is 1. The van der Waals surface area contributed by atoms with E-state index in [0.29, 0.717) is 0 Å². The van der Waals surface area contributed by atoms with Gasteiger partial charge in [0.25, 0.3) is 0 Å². The minimum atomic E-state index is -3.34. The topological polar surface area (TPSA) is 47.0 Å². The first-order valence-corrected chi connectivity index (χ1v) is 5.12. The minimum Gasteiger partial charge on any atom is -0.257 e. The number of halogens is 1. The van der Waals surface area contributed by atoms with E-state index in [2.05, 4.69) is 4.98 Å². The summed E-state index contributed by atoms with van der Waals surface area (Å²) in [7, 11) is -3.34. The number of rotatable bonds is 1. The zero-order valence-electron chi connectivity index (χ0n) is 6.70. The van der Waals surface area contributed by atoms with Gasteiger partial charge in [-0.1, -0.05) is 0 Å². The zero-order chi connectivity index (χ0) is 9.35. The third kappa shape index (κ3) is 1.79. The van der Waals surface area contributed by atoms with Gasteiger partial charge < -0.3 is 0 Å². The van der Waals surface area contributed by atoms with Crippen molar-refractivity contribution in [1.82, 2.24) is 4.98 Å². The first kappa shape index (κ1) is 9.12. The highest BCUT2D eigenvalue weighted by Gasteiger charge is 2.09. The molecule has 0 saturated carbocycles. The lowest BCUT2D eigenvalue weighted by Crippen LogP contribution is -2.00. The molecule has 0 amide bonds. The van der Waals surface area contributed by atoms with E-state index < -0.39 is 15.7 Å². The van der Waals surface area contributed by atoms with Crippen LogP contribution >= 0.6 is 0 Å². The van der Waals surface area contributed by atoms with Crippen LogP contribution in [0.15, 0.2) is 17.2 Å². The molecule has 66 valence electrons. The molecule has 1 aromatic rings. The molecule has 0 fully saturated rings. The van der Waals surface area contributed by atoms with E-state index in [1.165, 1.54) is 6.92 Å². The lowest BCUT2D eigenvalue weighted by atomic mass is 10.4. The molecule has 0 saturated heterocycles. The van der Waals surface area contributed by atoms with Crippen molar-refractivity contribution in [2.45, 2.75) is 11.8 Å². The normalized spacial score (nSPS) is 11.6. The molecule has 5 heteroatoms. The van der Waals surface area contributed by atoms with E-state index in [1.54, 1.807) is 0 Å². The fourth-order valence-corrected chi connectivity index (χ4v) is 1.25. The number of hydrogen-bond donors (Lipinski definition) is 0. The van der Waals surface area contributed by atoms with Crippen LogP contribution < -0.4 is 0 Å². The van der Waals surface area contributed by atoms with Crippen molar-refractivity contribution in [2.75, 3.05) is 6.26 Å². The minimum absolute atomic E-state index is 0.0920. The van der Waals surface area contributed by atoms with Gasteiger partial charge in [-0.3, -0.25) is 4.98 Å². The Morgan fingerprint density at radius 2 is 2.08 bits per heavy atom. The van der Waals surface area contributed by atoms with Gasteiger partial charge in [0.2, 0.25) is 0 Å². The summed E-state index contributed by atoms with van der Waals surface area (Å²) in [5, 5.41) is 0. The molecule has 1 aromatic heterocycles. The van der Waals surface area contributed by atoms with Gasteiger partial charge in [-0.15, -0.1) is 0 Å². The maximum absolute atomic E-state index is 12.8. The summed E-state index contributed by atoms with van der Waals surface area (Å²) in [6.07, 6.45) is 2.16. The first-order valence-electron chi connectivity index (χ1n) is 3.23. The van der Waals surface area contributed by atoms with Crippen molar-refractivity contribution in [2.24, 2.45) is 0 Å². The molecule has 0 aliphatic heterocycles. The van der Waals surface area contributed by atoms with Crippen LogP contribution in [-0.2, 0) is 9.84 Å². The average Bonchev–Trinajstić information content (AvgIpc) is 1.92. The second-order valence-corrected chi connectivity index (χ2v) is 4.53. The second-order valence-electron chi connectivity index (χ2n) is 2.51. The highest BCUT2D eigenvalue weighted by atomic mass is 32.2. The highest BCUT2D eigenvalue weighted by Crippen LogP contribution is 2.10. The van der Waals surface area contributed by atoms with Crippen LogP contribution in [0.3, 0.4) is 0 Å². The van der Waals surface area contributed by atoms with E-state index in [1.807, 2.05) is 0 Å². The maximum atomic E-state index is 12.8. The Hall–Kier alpha value is -0.970. The average molecular weight is 189 g/mol. The maximum Gasteiger partial charge on any atom is 0.177 e. The summed E-state index contributed by atoms with van der Waals surface area (Å²) >= 11 is 0. The van der Waals surface area contributed by atoms with Gasteiger partial charge in [-0.05, 0) is 13.0 Å². The van der Waals surface area contributed by atoms with Crippen molar-refractivity contribution in [3.8, 4) is 0 Å². The molecule has 1 rings (SSSR count). The number of aryl methyl sites for hydroxylation is 1. The molecule has 0 N–H and O–H groups in total. The molecule has 0 aliphatic carbocycles. The molecule has 0 atom stereocenters. The van der Waals surface area contributed by atoms with E-state index in [-0.39, 0.29) is 10.6 Å². The Bertz CT molecular complexity index is 400. The smallest absolute Gasteiger partial charge is 0.177 e. The largest absolute Gasteiger partial charge is 0.257 e. The van der Waals surface area contributed by atoms with Crippen molar-refractivity contribution in [1.29, 1.82) is 0 Å². The predicted octanol–water partition coefficient (Wildman–Crippen LogP) is 0.933. The molecule has 1 heterocycles. The molecular formula is C7H8FNO2S. The summed E-state index contributed by atoms with van der Waals surface area (Å²) in [5.41, 5.74) is 0.197. The Kier molecular flexibility index (Phi) is 2.14. The summed E-state index contributed by atoms with van der Waals surface area (Å²) in [4.78, 5) is 3.50. The first-order chi connectivity index (χ1) is 5.41. The Morgan fingerprint density at radius 3 is 2.50 bits per heavy atom. The lowest BCUT2D eigenvalue weighted by Gasteiger charge is -1.98. The third-order valence-corrected chi connectivity index (χ3v) is 2.51. The monoisotopic (exact) mass is 189 g/mol. The van der Waals surface area contributed by atoms with Crippen molar-refractivity contribution in [3.63, 3.8) is 0 Å². The Labute approximate surface area is 70.2 Å². The Morgan fingerprint density at radius 1 is 1.50 bits per heavy atom. The van der Waals surface area contributed by atoms with E-state index in [0.717, 1.165) is 18.5 Å². The van der Waals surface area contributed by atoms with Crippen molar-refractivity contribution in [3.05, 3.63) is 23.8 Å². The van der Waals surface area contributed by atoms with Gasteiger partial charge >= 0.3 is 0 Å². The van der Waals surface area contributed by atoms with E-state index in [4.69, 9.17) is 0 Å². The number of pyridine rings is 1. The number of hydrogen-bond acceptors (Lipinski definition) is 3. The zero-order valence-corrected chi connectivity index (χ0v) is 7.52. The van der Waals surface area contributed by atoms with Gasteiger partial charge in [0.1, 0.15) is 5.82 Å². The summed E-state index contributed by atoms with van der Waals surface area (Å²) < 4.78 is 34.6. The molecule has 0 bridgehead atoms.